The smallest absolute Gasteiger partial charge is 0.191 e. The quantitative estimate of drug-likeness (QED) is 0.369. The fourth-order valence-electron chi connectivity index (χ4n) is 3.41. The van der Waals surface area contributed by atoms with Crippen molar-refractivity contribution in [3.8, 4) is 0 Å². The van der Waals surface area contributed by atoms with Crippen LogP contribution in [0.2, 0.25) is 0 Å². The molecule has 0 saturated carbocycles. The third-order valence-electron chi connectivity index (χ3n) is 4.72. The lowest BCUT2D eigenvalue weighted by atomic mass is 10.1. The van der Waals surface area contributed by atoms with Crippen LogP contribution in [0, 0.1) is 0 Å². The zero-order chi connectivity index (χ0) is 16.8. The van der Waals surface area contributed by atoms with E-state index in [0.29, 0.717) is 6.04 Å². The third-order valence-corrected chi connectivity index (χ3v) is 4.72. The minimum atomic E-state index is 0. The molecule has 1 aromatic heterocycles. The summed E-state index contributed by atoms with van der Waals surface area (Å²) < 4.78 is 0. The molecule has 0 aliphatic carbocycles. The van der Waals surface area contributed by atoms with Gasteiger partial charge in [0.1, 0.15) is 0 Å². The molecule has 2 heterocycles. The minimum absolute atomic E-state index is 0. The van der Waals surface area contributed by atoms with Crippen LogP contribution >= 0.6 is 24.0 Å². The maximum Gasteiger partial charge on any atom is 0.191 e. The molecule has 3 rings (SSSR count). The van der Waals surface area contributed by atoms with E-state index in [9.17, 15) is 0 Å². The number of fused-ring (bicyclic) bond motifs is 1. The number of nitrogens with one attached hydrogen (secondary N) is 3. The highest BCUT2D eigenvalue weighted by Gasteiger charge is 2.19. The summed E-state index contributed by atoms with van der Waals surface area (Å²) in [5.74, 6) is 0.891. The Morgan fingerprint density at radius 1 is 1.28 bits per heavy atom. The van der Waals surface area contributed by atoms with Gasteiger partial charge in [0.25, 0.3) is 0 Å². The topological polar surface area (TPSA) is 55.4 Å². The summed E-state index contributed by atoms with van der Waals surface area (Å²) in [6.07, 6.45) is 3.62. The van der Waals surface area contributed by atoms with Gasteiger partial charge in [0.05, 0.1) is 6.54 Å². The number of H-pyrrole nitrogens is 1. The van der Waals surface area contributed by atoms with Crippen LogP contribution in [0.25, 0.3) is 10.9 Å². The number of hydrogen-bond donors (Lipinski definition) is 3. The number of aromatic nitrogens is 1. The first kappa shape index (κ1) is 20.0. The number of hydrogen-bond acceptors (Lipinski definition) is 2. The molecule has 0 bridgehead atoms. The molecule has 5 nitrogen and oxygen atoms in total. The van der Waals surface area contributed by atoms with Crippen molar-refractivity contribution >= 4 is 40.8 Å². The summed E-state index contributed by atoms with van der Waals surface area (Å²) in [6.45, 7) is 6.60. The number of nitrogens with zero attached hydrogens (tertiary/aromatic N) is 2. The van der Waals surface area contributed by atoms with Gasteiger partial charge in [0, 0.05) is 37.4 Å². The Labute approximate surface area is 167 Å². The molecule has 0 amide bonds. The highest BCUT2D eigenvalue weighted by Crippen LogP contribution is 2.14. The number of aliphatic imine (C=N–C) groups is 1. The first-order chi connectivity index (χ1) is 11.8. The predicted molar refractivity (Wildman–Crippen MR) is 117 cm³/mol. The zero-order valence-electron chi connectivity index (χ0n) is 15.2. The fourth-order valence-corrected chi connectivity index (χ4v) is 3.41. The van der Waals surface area contributed by atoms with Crippen LogP contribution in [-0.2, 0) is 6.54 Å². The second kappa shape index (κ2) is 10.0. The Bertz CT molecular complexity index is 640. The van der Waals surface area contributed by atoms with Crippen molar-refractivity contribution in [1.82, 2.24) is 20.5 Å². The molecule has 1 aromatic carbocycles. The van der Waals surface area contributed by atoms with Crippen LogP contribution in [0.3, 0.4) is 0 Å². The monoisotopic (exact) mass is 455 g/mol. The number of guanidine groups is 1. The Morgan fingerprint density at radius 2 is 2.04 bits per heavy atom. The molecule has 2 aromatic rings. The largest absolute Gasteiger partial charge is 0.357 e. The van der Waals surface area contributed by atoms with Gasteiger partial charge in [-0.2, -0.15) is 0 Å². The molecule has 138 valence electrons. The molecule has 1 aliphatic rings. The number of benzene rings is 1. The molecule has 1 aliphatic heterocycles. The molecule has 0 atom stereocenters. The second-order valence-corrected chi connectivity index (χ2v) is 6.57. The van der Waals surface area contributed by atoms with Crippen LogP contribution in [0.4, 0.5) is 0 Å². The van der Waals surface area contributed by atoms with Crippen LogP contribution in [0.5, 0.6) is 0 Å². The number of piperidine rings is 1. The summed E-state index contributed by atoms with van der Waals surface area (Å²) in [4.78, 5) is 10.4. The average molecular weight is 455 g/mol. The van der Waals surface area contributed by atoms with Crippen molar-refractivity contribution in [2.45, 2.75) is 38.8 Å². The number of rotatable bonds is 5. The molecule has 0 spiro atoms. The number of aromatic amines is 1. The molecule has 6 heteroatoms. The van der Waals surface area contributed by atoms with E-state index in [1.54, 1.807) is 0 Å². The van der Waals surface area contributed by atoms with Crippen molar-refractivity contribution in [1.29, 1.82) is 0 Å². The van der Waals surface area contributed by atoms with Gasteiger partial charge in [-0.15, -0.1) is 24.0 Å². The summed E-state index contributed by atoms with van der Waals surface area (Å²) in [5, 5.41) is 8.25. The number of para-hydroxylation sites is 1. The molecule has 3 N–H and O–H groups in total. The molecule has 1 saturated heterocycles. The Hall–Kier alpha value is -1.28. The maximum absolute atomic E-state index is 4.37. The van der Waals surface area contributed by atoms with E-state index < -0.39 is 0 Å². The van der Waals surface area contributed by atoms with Gasteiger partial charge >= 0.3 is 0 Å². The van der Waals surface area contributed by atoms with Crippen LogP contribution in [0.1, 0.15) is 31.9 Å². The van der Waals surface area contributed by atoms with Gasteiger partial charge in [-0.1, -0.05) is 25.1 Å². The summed E-state index contributed by atoms with van der Waals surface area (Å²) in [6, 6.07) is 11.1. The predicted octanol–water partition coefficient (Wildman–Crippen LogP) is 3.33. The van der Waals surface area contributed by atoms with Gasteiger partial charge in [-0.3, -0.25) is 4.99 Å². The van der Waals surface area contributed by atoms with E-state index in [1.807, 2.05) is 7.05 Å². The Balaban J connectivity index is 0.00000225. The first-order valence-corrected chi connectivity index (χ1v) is 9.04. The Morgan fingerprint density at radius 3 is 2.72 bits per heavy atom. The molecule has 25 heavy (non-hydrogen) atoms. The minimum Gasteiger partial charge on any atom is -0.357 e. The number of likely N-dealkylation sites (tertiary alicyclic amines) is 1. The zero-order valence-corrected chi connectivity index (χ0v) is 17.5. The molecular weight excluding hydrogens is 425 g/mol. The van der Waals surface area contributed by atoms with Gasteiger partial charge in [-0.25, -0.2) is 0 Å². The van der Waals surface area contributed by atoms with E-state index in [-0.39, 0.29) is 24.0 Å². The van der Waals surface area contributed by atoms with Crippen molar-refractivity contribution < 1.29 is 0 Å². The van der Waals surface area contributed by atoms with Crippen molar-refractivity contribution in [2.75, 3.05) is 26.7 Å². The van der Waals surface area contributed by atoms with E-state index >= 15 is 0 Å². The van der Waals surface area contributed by atoms with Crippen LogP contribution < -0.4 is 10.6 Å². The first-order valence-electron chi connectivity index (χ1n) is 9.04. The highest BCUT2D eigenvalue weighted by molar-refractivity contribution is 14.0. The van der Waals surface area contributed by atoms with Gasteiger partial charge in [0.2, 0.25) is 0 Å². The molecule has 1 fully saturated rings. The summed E-state index contributed by atoms with van der Waals surface area (Å²) in [5.41, 5.74) is 2.36. The van der Waals surface area contributed by atoms with E-state index in [2.05, 4.69) is 62.8 Å². The maximum atomic E-state index is 4.37. The van der Waals surface area contributed by atoms with Gasteiger partial charge in [-0.05, 0) is 43.3 Å². The third kappa shape index (κ3) is 5.60. The Kier molecular flexibility index (Phi) is 8.02. The highest BCUT2D eigenvalue weighted by atomic mass is 127. The van der Waals surface area contributed by atoms with E-state index in [4.69, 9.17) is 0 Å². The second-order valence-electron chi connectivity index (χ2n) is 6.57. The molecule has 0 unspecified atom stereocenters. The molecule has 0 radical (unpaired) electrons. The average Bonchev–Trinajstić information content (AvgIpc) is 3.03. The lowest BCUT2D eigenvalue weighted by Crippen LogP contribution is -2.48. The van der Waals surface area contributed by atoms with E-state index in [0.717, 1.165) is 12.5 Å². The fraction of sp³-hybridized carbons (Fsp3) is 0.526. The lowest BCUT2D eigenvalue weighted by molar-refractivity contribution is 0.206. The standard InChI is InChI=1S/C19H29N5.HI/c1-3-10-24-11-8-16(9-12-24)23-19(20-2)21-14-17-13-15-6-4-5-7-18(15)22-17;/h4-7,13,16,22H,3,8-12,14H2,1-2H3,(H2,20,21,23);1H. The van der Waals surface area contributed by atoms with Crippen LogP contribution in [0.15, 0.2) is 35.3 Å². The SMILES string of the molecule is CCCN1CCC(NC(=NC)NCc2cc3ccccc3[nH]2)CC1.I. The van der Waals surface area contributed by atoms with Crippen LogP contribution in [-0.4, -0.2) is 48.6 Å². The lowest BCUT2D eigenvalue weighted by Gasteiger charge is -2.32. The van der Waals surface area contributed by atoms with Gasteiger partial charge < -0.3 is 20.5 Å². The summed E-state index contributed by atoms with van der Waals surface area (Å²) >= 11 is 0. The van der Waals surface area contributed by atoms with Gasteiger partial charge in [0.15, 0.2) is 5.96 Å². The summed E-state index contributed by atoms with van der Waals surface area (Å²) in [7, 11) is 1.84. The molecular formula is C19H30IN5. The van der Waals surface area contributed by atoms with Crippen molar-refractivity contribution in [2.24, 2.45) is 4.99 Å². The van der Waals surface area contributed by atoms with E-state index in [1.165, 1.54) is 55.5 Å². The van der Waals surface area contributed by atoms with Crippen molar-refractivity contribution in [3.05, 3.63) is 36.0 Å². The normalized spacial score (nSPS) is 16.6. The number of halogens is 1. The van der Waals surface area contributed by atoms with Crippen molar-refractivity contribution in [3.63, 3.8) is 0 Å².